The molecule has 0 bridgehead atoms. The van der Waals surface area contributed by atoms with Crippen LogP contribution in [0.4, 0.5) is 0 Å². The summed E-state index contributed by atoms with van der Waals surface area (Å²) in [6.45, 7) is 2.04. The predicted octanol–water partition coefficient (Wildman–Crippen LogP) is 4.99. The van der Waals surface area contributed by atoms with Crippen LogP contribution in [0.1, 0.15) is 25.8 Å². The highest BCUT2D eigenvalue weighted by molar-refractivity contribution is 7.15. The number of hydrogen-bond donors (Lipinski definition) is 1. The van der Waals surface area contributed by atoms with Gasteiger partial charge >= 0.3 is 5.97 Å². The summed E-state index contributed by atoms with van der Waals surface area (Å²) < 4.78 is 0. The lowest BCUT2D eigenvalue weighted by molar-refractivity contribution is 0.0702. The smallest absolute Gasteiger partial charge is 0.348 e. The lowest BCUT2D eigenvalue weighted by atomic mass is 10.1. The fourth-order valence-corrected chi connectivity index (χ4v) is 3.12. The van der Waals surface area contributed by atoms with Crippen LogP contribution in [0.15, 0.2) is 54.6 Å². The van der Waals surface area contributed by atoms with Gasteiger partial charge in [-0.05, 0) is 18.6 Å². The summed E-state index contributed by atoms with van der Waals surface area (Å²) in [6.07, 6.45) is 3.81. The Kier molecular flexibility index (Phi) is 4.35. The number of aromatic nitrogens is 1. The molecular weight excluding hydrogens is 306 g/mol. The molecule has 114 valence electrons. The van der Waals surface area contributed by atoms with Crippen LogP contribution >= 0.6 is 11.3 Å². The Bertz CT molecular complexity index is 866. The molecule has 2 aromatic carbocycles. The molecule has 3 nitrogen and oxygen atoms in total. The standard InChI is InChI=1S/C19H15NO2S/c1-13-6-5-7-14(12-13)10-11-16-20-17(18(23-16)19(21)22)15-8-3-2-4-9-15/h2-12H,1H3,(H,21,22)/b11-10+. The SMILES string of the molecule is Cc1cccc(/C=C/c2nc(-c3ccccc3)c(C(=O)O)s2)c1. The summed E-state index contributed by atoms with van der Waals surface area (Å²) >= 11 is 1.19. The van der Waals surface area contributed by atoms with Gasteiger partial charge in [-0.1, -0.05) is 66.2 Å². The molecule has 0 amide bonds. The zero-order chi connectivity index (χ0) is 16.2. The molecule has 1 aromatic heterocycles. The second kappa shape index (κ2) is 6.58. The fourth-order valence-electron chi connectivity index (χ4n) is 2.29. The summed E-state index contributed by atoms with van der Waals surface area (Å²) in [6, 6.07) is 17.5. The number of carboxylic acid groups (broad SMARTS) is 1. The third-order valence-corrected chi connectivity index (χ3v) is 4.35. The minimum absolute atomic E-state index is 0.264. The average Bonchev–Trinajstić information content (AvgIpc) is 2.98. The molecule has 1 N–H and O–H groups in total. The predicted molar refractivity (Wildman–Crippen MR) is 94.6 cm³/mol. The first-order valence-corrected chi connectivity index (χ1v) is 7.99. The first-order chi connectivity index (χ1) is 11.1. The number of hydrogen-bond acceptors (Lipinski definition) is 3. The largest absolute Gasteiger partial charge is 0.477 e. The third kappa shape index (κ3) is 3.55. The van der Waals surface area contributed by atoms with E-state index in [0.717, 1.165) is 11.1 Å². The lowest BCUT2D eigenvalue weighted by Crippen LogP contribution is -1.95. The van der Waals surface area contributed by atoms with Crippen LogP contribution in [0.3, 0.4) is 0 Å². The number of carboxylic acids is 1. The van der Waals surface area contributed by atoms with Gasteiger partial charge in [0, 0.05) is 5.56 Å². The first-order valence-electron chi connectivity index (χ1n) is 7.18. The van der Waals surface area contributed by atoms with Crippen LogP contribution in [-0.2, 0) is 0 Å². The molecule has 23 heavy (non-hydrogen) atoms. The van der Waals surface area contributed by atoms with Crippen LogP contribution in [0.5, 0.6) is 0 Å². The molecule has 0 unspecified atom stereocenters. The molecule has 0 saturated heterocycles. The molecule has 3 aromatic rings. The highest BCUT2D eigenvalue weighted by atomic mass is 32.1. The number of thiazole rings is 1. The Balaban J connectivity index is 1.97. The van der Waals surface area contributed by atoms with Crippen LogP contribution in [0.2, 0.25) is 0 Å². The van der Waals surface area contributed by atoms with Crippen LogP contribution in [0, 0.1) is 6.92 Å². The summed E-state index contributed by atoms with van der Waals surface area (Å²) in [7, 11) is 0. The molecule has 1 heterocycles. The molecule has 3 rings (SSSR count). The quantitative estimate of drug-likeness (QED) is 0.736. The summed E-state index contributed by atoms with van der Waals surface area (Å²) in [4.78, 5) is 16.2. The minimum Gasteiger partial charge on any atom is -0.477 e. The average molecular weight is 321 g/mol. The van der Waals surface area contributed by atoms with E-state index < -0.39 is 5.97 Å². The summed E-state index contributed by atoms with van der Waals surface area (Å²) in [5.41, 5.74) is 3.59. The van der Waals surface area contributed by atoms with Crippen molar-refractivity contribution in [3.63, 3.8) is 0 Å². The number of carbonyl (C=O) groups is 1. The van der Waals surface area contributed by atoms with Crippen molar-refractivity contribution in [1.29, 1.82) is 0 Å². The molecule has 4 heteroatoms. The van der Waals surface area contributed by atoms with Crippen LogP contribution in [-0.4, -0.2) is 16.1 Å². The Labute approximate surface area is 138 Å². The van der Waals surface area contributed by atoms with Gasteiger partial charge in [-0.25, -0.2) is 9.78 Å². The van der Waals surface area contributed by atoms with Gasteiger partial charge in [-0.15, -0.1) is 11.3 Å². The van der Waals surface area contributed by atoms with Crippen molar-refractivity contribution in [2.75, 3.05) is 0 Å². The number of aromatic carboxylic acids is 1. The van der Waals surface area contributed by atoms with Crippen LogP contribution in [0.25, 0.3) is 23.4 Å². The van der Waals surface area contributed by atoms with Crippen molar-refractivity contribution >= 4 is 29.5 Å². The maximum Gasteiger partial charge on any atom is 0.348 e. The molecular formula is C19H15NO2S. The Morgan fingerprint density at radius 1 is 1.09 bits per heavy atom. The van der Waals surface area contributed by atoms with Gasteiger partial charge in [0.25, 0.3) is 0 Å². The second-order valence-corrected chi connectivity index (χ2v) is 6.18. The van der Waals surface area contributed by atoms with Crippen molar-refractivity contribution < 1.29 is 9.90 Å². The maximum atomic E-state index is 11.5. The number of nitrogens with zero attached hydrogens (tertiary/aromatic N) is 1. The van der Waals surface area contributed by atoms with Crippen molar-refractivity contribution in [2.45, 2.75) is 6.92 Å². The molecule has 0 aliphatic heterocycles. The number of benzene rings is 2. The summed E-state index contributed by atoms with van der Waals surface area (Å²) in [5, 5.41) is 10.1. The van der Waals surface area contributed by atoms with Crippen molar-refractivity contribution in [1.82, 2.24) is 4.98 Å². The van der Waals surface area contributed by atoms with E-state index in [0.29, 0.717) is 10.7 Å². The Morgan fingerprint density at radius 3 is 2.57 bits per heavy atom. The van der Waals surface area contributed by atoms with Crippen molar-refractivity contribution in [3.05, 3.63) is 75.6 Å². The third-order valence-electron chi connectivity index (χ3n) is 3.35. The molecule has 0 fully saturated rings. The molecule has 0 aliphatic carbocycles. The second-order valence-electron chi connectivity index (χ2n) is 5.15. The van der Waals surface area contributed by atoms with E-state index in [-0.39, 0.29) is 4.88 Å². The van der Waals surface area contributed by atoms with E-state index >= 15 is 0 Å². The van der Waals surface area contributed by atoms with E-state index in [4.69, 9.17) is 0 Å². The normalized spacial score (nSPS) is 11.0. The van der Waals surface area contributed by atoms with Gasteiger partial charge in [0.1, 0.15) is 9.88 Å². The Hall–Kier alpha value is -2.72. The number of aryl methyl sites for hydroxylation is 1. The van der Waals surface area contributed by atoms with E-state index in [1.807, 2.05) is 67.6 Å². The van der Waals surface area contributed by atoms with Gasteiger partial charge in [0.2, 0.25) is 0 Å². The van der Waals surface area contributed by atoms with Gasteiger partial charge in [0.15, 0.2) is 0 Å². The molecule has 0 saturated carbocycles. The van der Waals surface area contributed by atoms with E-state index in [1.54, 1.807) is 0 Å². The van der Waals surface area contributed by atoms with E-state index in [2.05, 4.69) is 11.1 Å². The fraction of sp³-hybridized carbons (Fsp3) is 0.0526. The molecule has 0 atom stereocenters. The summed E-state index contributed by atoms with van der Waals surface area (Å²) in [5.74, 6) is -0.948. The zero-order valence-corrected chi connectivity index (χ0v) is 13.4. The molecule has 0 spiro atoms. The van der Waals surface area contributed by atoms with Gasteiger partial charge in [-0.2, -0.15) is 0 Å². The van der Waals surface area contributed by atoms with Gasteiger partial charge < -0.3 is 5.11 Å². The Morgan fingerprint density at radius 2 is 1.87 bits per heavy atom. The highest BCUT2D eigenvalue weighted by Crippen LogP contribution is 2.29. The van der Waals surface area contributed by atoms with Crippen molar-refractivity contribution in [2.24, 2.45) is 0 Å². The van der Waals surface area contributed by atoms with Gasteiger partial charge in [-0.3, -0.25) is 0 Å². The lowest BCUT2D eigenvalue weighted by Gasteiger charge is -1.97. The molecule has 0 radical (unpaired) electrons. The monoisotopic (exact) mass is 321 g/mol. The highest BCUT2D eigenvalue weighted by Gasteiger charge is 2.17. The zero-order valence-electron chi connectivity index (χ0n) is 12.6. The minimum atomic E-state index is -0.948. The van der Waals surface area contributed by atoms with E-state index in [1.165, 1.54) is 16.9 Å². The molecule has 0 aliphatic rings. The van der Waals surface area contributed by atoms with Crippen molar-refractivity contribution in [3.8, 4) is 11.3 Å². The first kappa shape index (κ1) is 15.2. The number of rotatable bonds is 4. The van der Waals surface area contributed by atoms with E-state index in [9.17, 15) is 9.90 Å². The van der Waals surface area contributed by atoms with Gasteiger partial charge in [0.05, 0.1) is 5.69 Å². The maximum absolute atomic E-state index is 11.5. The van der Waals surface area contributed by atoms with Crippen LogP contribution < -0.4 is 0 Å². The topological polar surface area (TPSA) is 50.2 Å².